The second-order valence-corrected chi connectivity index (χ2v) is 9.67. The molecule has 0 atom stereocenters. The Hall–Kier alpha value is -3.43. The van der Waals surface area contributed by atoms with Gasteiger partial charge in [-0.2, -0.15) is 0 Å². The number of nitrogens with zero attached hydrogens (tertiary/aromatic N) is 1. The van der Waals surface area contributed by atoms with Gasteiger partial charge in [0.15, 0.2) is 0 Å². The van der Waals surface area contributed by atoms with Gasteiger partial charge < -0.3 is 9.32 Å². The molecule has 0 amide bonds. The van der Waals surface area contributed by atoms with Gasteiger partial charge in [0.1, 0.15) is 11.3 Å². The van der Waals surface area contributed by atoms with Gasteiger partial charge in [-0.3, -0.25) is 0 Å². The van der Waals surface area contributed by atoms with Crippen LogP contribution >= 0.6 is 11.8 Å². The number of rotatable bonds is 3. The van der Waals surface area contributed by atoms with E-state index >= 15 is 0 Å². The fraction of sp³-hybridized carbons (Fsp3) is 0.133. The summed E-state index contributed by atoms with van der Waals surface area (Å²) in [6.45, 7) is 4.36. The number of furan rings is 1. The van der Waals surface area contributed by atoms with Gasteiger partial charge in [-0.1, -0.05) is 73.3 Å². The average Bonchev–Trinajstić information content (AvgIpc) is 3.33. The normalized spacial score (nSPS) is 15.3. The maximum Gasteiger partial charge on any atom is 0.135 e. The number of hydrogen-bond acceptors (Lipinski definition) is 3. The summed E-state index contributed by atoms with van der Waals surface area (Å²) < 4.78 is 6.32. The molecule has 0 saturated heterocycles. The summed E-state index contributed by atoms with van der Waals surface area (Å²) in [5, 5.41) is 7.49. The molecule has 0 radical (unpaired) electrons. The van der Waals surface area contributed by atoms with Crippen molar-refractivity contribution in [3.8, 4) is 0 Å². The van der Waals surface area contributed by atoms with Crippen LogP contribution in [0.25, 0.3) is 38.6 Å². The van der Waals surface area contributed by atoms with Gasteiger partial charge in [0.25, 0.3) is 0 Å². The quantitative estimate of drug-likeness (QED) is 0.275. The predicted octanol–water partition coefficient (Wildman–Crippen LogP) is 8.92. The van der Waals surface area contributed by atoms with E-state index in [2.05, 4.69) is 111 Å². The van der Waals surface area contributed by atoms with Crippen LogP contribution in [0.5, 0.6) is 0 Å². The van der Waals surface area contributed by atoms with Crippen molar-refractivity contribution in [2.75, 3.05) is 11.9 Å². The molecule has 0 unspecified atom stereocenters. The molecular weight excluding hydrogens is 422 g/mol. The summed E-state index contributed by atoms with van der Waals surface area (Å²) in [6.07, 6.45) is 5.46. The van der Waals surface area contributed by atoms with E-state index in [9.17, 15) is 0 Å². The molecule has 0 spiro atoms. The fourth-order valence-corrected chi connectivity index (χ4v) is 5.92. The first-order chi connectivity index (χ1) is 16.1. The molecule has 1 aliphatic heterocycles. The molecule has 0 bridgehead atoms. The Morgan fingerprint density at radius 3 is 2.42 bits per heavy atom. The first-order valence-electron chi connectivity index (χ1n) is 11.4. The topological polar surface area (TPSA) is 16.4 Å². The second kappa shape index (κ2) is 7.86. The Morgan fingerprint density at radius 1 is 0.909 bits per heavy atom. The van der Waals surface area contributed by atoms with E-state index in [0.29, 0.717) is 0 Å². The standard InChI is InChI=1S/C30H25NOS/c1-4-20(15-27-19(2)25-17-22-10-5-6-11-23(22)18-28(25)32-27)16-29-31(3)26-14-13-21-9-7-8-12-24(21)30(26)33-29/h5-18H,4H2,1-3H3/b20-15+,29-16+. The van der Waals surface area contributed by atoms with E-state index < -0.39 is 0 Å². The number of allylic oxidation sites excluding steroid dienone is 2. The van der Waals surface area contributed by atoms with Crippen molar-refractivity contribution in [1.82, 2.24) is 0 Å². The van der Waals surface area contributed by atoms with Crippen molar-refractivity contribution in [3.05, 3.63) is 101 Å². The third kappa shape index (κ3) is 3.35. The molecule has 2 heterocycles. The van der Waals surface area contributed by atoms with Gasteiger partial charge in [-0.05, 0) is 70.8 Å². The lowest BCUT2D eigenvalue weighted by Gasteiger charge is -2.14. The van der Waals surface area contributed by atoms with Crippen LogP contribution in [0.2, 0.25) is 0 Å². The third-order valence-electron chi connectivity index (χ3n) is 6.63. The van der Waals surface area contributed by atoms with E-state index in [0.717, 1.165) is 17.8 Å². The van der Waals surface area contributed by atoms with E-state index in [1.165, 1.54) is 53.7 Å². The lowest BCUT2D eigenvalue weighted by atomic mass is 10.0. The van der Waals surface area contributed by atoms with Gasteiger partial charge in [-0.15, -0.1) is 0 Å². The van der Waals surface area contributed by atoms with E-state index in [4.69, 9.17) is 4.42 Å². The molecule has 0 aliphatic carbocycles. The van der Waals surface area contributed by atoms with Crippen molar-refractivity contribution in [2.45, 2.75) is 25.2 Å². The number of fused-ring (bicyclic) bond motifs is 5. The lowest BCUT2D eigenvalue weighted by Crippen LogP contribution is -2.09. The van der Waals surface area contributed by atoms with Crippen molar-refractivity contribution in [2.24, 2.45) is 0 Å². The molecular formula is C30H25NOS. The lowest BCUT2D eigenvalue weighted by molar-refractivity contribution is 0.601. The van der Waals surface area contributed by atoms with Crippen molar-refractivity contribution >= 4 is 56.0 Å². The molecule has 2 nitrogen and oxygen atoms in total. The highest BCUT2D eigenvalue weighted by Crippen LogP contribution is 2.49. The van der Waals surface area contributed by atoms with Gasteiger partial charge in [0, 0.05) is 22.9 Å². The number of thioether (sulfide) groups is 1. The predicted molar refractivity (Wildman–Crippen MR) is 143 cm³/mol. The Kier molecular flexibility index (Phi) is 4.81. The zero-order valence-electron chi connectivity index (χ0n) is 19.1. The fourth-order valence-electron chi connectivity index (χ4n) is 4.66. The molecule has 5 aromatic rings. The molecule has 4 aromatic carbocycles. The van der Waals surface area contributed by atoms with Crippen LogP contribution in [0.15, 0.2) is 98.8 Å². The van der Waals surface area contributed by atoms with Crippen LogP contribution in [0, 0.1) is 6.92 Å². The van der Waals surface area contributed by atoms with Crippen LogP contribution in [0.4, 0.5) is 5.69 Å². The number of aryl methyl sites for hydroxylation is 1. The molecule has 6 rings (SSSR count). The molecule has 0 N–H and O–H groups in total. The van der Waals surface area contributed by atoms with Crippen molar-refractivity contribution in [3.63, 3.8) is 0 Å². The van der Waals surface area contributed by atoms with Crippen LogP contribution in [0.1, 0.15) is 24.7 Å². The second-order valence-electron chi connectivity index (χ2n) is 8.64. The minimum Gasteiger partial charge on any atom is -0.456 e. The van der Waals surface area contributed by atoms with Crippen LogP contribution in [-0.2, 0) is 0 Å². The maximum absolute atomic E-state index is 6.32. The summed E-state index contributed by atoms with van der Waals surface area (Å²) in [4.78, 5) is 3.64. The van der Waals surface area contributed by atoms with Crippen molar-refractivity contribution < 1.29 is 4.42 Å². The zero-order valence-corrected chi connectivity index (χ0v) is 19.9. The Labute approximate surface area is 198 Å². The smallest absolute Gasteiger partial charge is 0.135 e. The summed E-state index contributed by atoms with van der Waals surface area (Å²) in [5.41, 5.74) is 4.67. The van der Waals surface area contributed by atoms with E-state index in [1.54, 1.807) is 0 Å². The Bertz CT molecular complexity index is 1600. The monoisotopic (exact) mass is 447 g/mol. The molecule has 0 saturated carbocycles. The SMILES string of the molecule is CCC(=C\c1oc2cc3ccccc3cc2c1C)/C=C1/Sc2c(ccc3ccccc23)N1C. The van der Waals surface area contributed by atoms with E-state index in [-0.39, 0.29) is 0 Å². The number of anilines is 1. The summed E-state index contributed by atoms with van der Waals surface area (Å²) in [7, 11) is 2.16. The minimum absolute atomic E-state index is 0.938. The summed E-state index contributed by atoms with van der Waals surface area (Å²) in [6, 6.07) is 25.9. The van der Waals surface area contributed by atoms with Crippen LogP contribution in [0.3, 0.4) is 0 Å². The highest BCUT2D eigenvalue weighted by atomic mass is 32.2. The van der Waals surface area contributed by atoms with E-state index in [1.807, 2.05) is 11.8 Å². The first-order valence-corrected chi connectivity index (χ1v) is 12.2. The summed E-state index contributed by atoms with van der Waals surface area (Å²) >= 11 is 1.85. The Balaban J connectivity index is 1.41. The highest BCUT2D eigenvalue weighted by Gasteiger charge is 2.24. The molecule has 162 valence electrons. The summed E-state index contributed by atoms with van der Waals surface area (Å²) in [5.74, 6) is 0.947. The first kappa shape index (κ1) is 20.2. The largest absolute Gasteiger partial charge is 0.456 e. The van der Waals surface area contributed by atoms with Crippen LogP contribution < -0.4 is 4.90 Å². The van der Waals surface area contributed by atoms with Gasteiger partial charge in [0.2, 0.25) is 0 Å². The molecule has 3 heteroatoms. The Morgan fingerprint density at radius 2 is 1.64 bits per heavy atom. The third-order valence-corrected chi connectivity index (χ3v) is 7.87. The van der Waals surface area contributed by atoms with Gasteiger partial charge in [0.05, 0.1) is 10.7 Å². The molecule has 0 fully saturated rings. The maximum atomic E-state index is 6.32. The minimum atomic E-state index is 0.938. The zero-order chi connectivity index (χ0) is 22.5. The average molecular weight is 448 g/mol. The molecule has 1 aromatic heterocycles. The van der Waals surface area contributed by atoms with Gasteiger partial charge >= 0.3 is 0 Å². The van der Waals surface area contributed by atoms with Gasteiger partial charge in [-0.25, -0.2) is 0 Å². The van der Waals surface area contributed by atoms with Crippen LogP contribution in [-0.4, -0.2) is 7.05 Å². The van der Waals surface area contributed by atoms with Crippen molar-refractivity contribution in [1.29, 1.82) is 0 Å². The highest BCUT2D eigenvalue weighted by molar-refractivity contribution is 8.04. The number of hydrogen-bond donors (Lipinski definition) is 0. The molecule has 33 heavy (non-hydrogen) atoms. The number of benzene rings is 4. The molecule has 1 aliphatic rings.